The smallest absolute Gasteiger partial charge is 0.0541 e. The number of aromatic nitrogens is 1. The van der Waals surface area contributed by atoms with Crippen molar-refractivity contribution < 1.29 is 0 Å². The van der Waals surface area contributed by atoms with E-state index in [2.05, 4.69) is 278 Å². The molecule has 14 rings (SSSR count). The molecule has 0 N–H and O–H groups in total. The summed E-state index contributed by atoms with van der Waals surface area (Å²) in [6.07, 6.45) is 9.20. The molecule has 0 radical (unpaired) electrons. The SMILES string of the molecule is CC1(C)C=CC=C2C=c3cc4c5ccccc5c5cc(-c6ccc(N(c7ccc(-c8ccccc8)cc7)c7ccc(-c8ccc9c(c8)c8ccccc8n9-c8ccccc8)cc7)cc6)ccc5c4cc3=C21. The summed E-state index contributed by atoms with van der Waals surface area (Å²) in [6, 6.07) is 85.0. The molecule has 334 valence electrons. The van der Waals surface area contributed by atoms with Crippen LogP contribution in [0.3, 0.4) is 0 Å². The van der Waals surface area contributed by atoms with Crippen molar-refractivity contribution in [2.45, 2.75) is 13.8 Å². The first-order valence-corrected chi connectivity index (χ1v) is 24.7. The summed E-state index contributed by atoms with van der Waals surface area (Å²) >= 11 is 0. The van der Waals surface area contributed by atoms with Crippen LogP contribution in [0.2, 0.25) is 0 Å². The van der Waals surface area contributed by atoms with Crippen LogP contribution in [0.25, 0.3) is 105 Å². The van der Waals surface area contributed by atoms with Crippen molar-refractivity contribution in [2.24, 2.45) is 5.41 Å². The Morgan fingerprint density at radius 2 is 0.831 bits per heavy atom. The molecule has 11 aromatic carbocycles. The third-order valence-corrected chi connectivity index (χ3v) is 15.1. The van der Waals surface area contributed by atoms with Crippen molar-refractivity contribution in [2.75, 3.05) is 4.90 Å². The standard InChI is InChI=1S/C69H48N2/c1-69(2)39-13-16-51-40-52-43-63-58-20-10-9-19-57(58)62-41-49(29-37-59(62)64(63)44-61(52)68(51)69)47-25-33-55(34-26-47)70(54-31-23-46(24-32-54)45-14-5-3-6-15-45)56-35-27-48(28-36-56)50-30-38-67-65(42-50)60-21-11-12-22-66(60)71(67)53-17-7-4-8-18-53/h3-44H,1-2H3. The molecule has 0 spiro atoms. The van der Waals surface area contributed by atoms with E-state index in [1.165, 1.54) is 115 Å². The zero-order chi connectivity index (χ0) is 47.2. The number of para-hydroxylation sites is 2. The number of hydrogen-bond acceptors (Lipinski definition) is 1. The molecule has 2 heteroatoms. The molecule has 1 aromatic heterocycles. The molecule has 2 nitrogen and oxygen atoms in total. The van der Waals surface area contributed by atoms with Crippen LogP contribution in [0.4, 0.5) is 17.1 Å². The Kier molecular flexibility index (Phi) is 9.28. The fourth-order valence-corrected chi connectivity index (χ4v) is 11.7. The van der Waals surface area contributed by atoms with E-state index in [1.807, 2.05) is 0 Å². The van der Waals surface area contributed by atoms with Gasteiger partial charge in [-0.05, 0) is 178 Å². The predicted molar refractivity (Wildman–Crippen MR) is 302 cm³/mol. The number of allylic oxidation sites excluding steroid dienone is 4. The lowest BCUT2D eigenvalue weighted by Gasteiger charge is -2.26. The lowest BCUT2D eigenvalue weighted by molar-refractivity contribution is 0.644. The number of benzene rings is 11. The normalized spacial score (nSPS) is 13.7. The van der Waals surface area contributed by atoms with E-state index in [0.717, 1.165) is 17.1 Å². The third-order valence-electron chi connectivity index (χ3n) is 15.1. The van der Waals surface area contributed by atoms with Gasteiger partial charge in [-0.25, -0.2) is 0 Å². The predicted octanol–water partition coefficient (Wildman–Crippen LogP) is 17.2. The minimum atomic E-state index is -0.0288. The number of fused-ring (bicyclic) bond motifs is 11. The van der Waals surface area contributed by atoms with Crippen LogP contribution in [-0.4, -0.2) is 4.57 Å². The van der Waals surface area contributed by atoms with E-state index in [1.54, 1.807) is 0 Å². The summed E-state index contributed by atoms with van der Waals surface area (Å²) < 4.78 is 2.37. The topological polar surface area (TPSA) is 8.17 Å². The van der Waals surface area contributed by atoms with E-state index in [9.17, 15) is 0 Å². The number of hydrogen-bond donors (Lipinski definition) is 0. The molecule has 0 fully saturated rings. The molecule has 0 saturated heterocycles. The quantitative estimate of drug-likeness (QED) is 0.145. The lowest BCUT2D eigenvalue weighted by atomic mass is 9.77. The lowest BCUT2D eigenvalue weighted by Crippen LogP contribution is -2.27. The van der Waals surface area contributed by atoms with Crippen molar-refractivity contribution in [1.29, 1.82) is 0 Å². The molecule has 0 atom stereocenters. The minimum Gasteiger partial charge on any atom is -0.311 e. The third kappa shape index (κ3) is 6.71. The maximum atomic E-state index is 2.47. The van der Waals surface area contributed by atoms with Gasteiger partial charge in [0.1, 0.15) is 0 Å². The van der Waals surface area contributed by atoms with Crippen molar-refractivity contribution in [3.05, 3.63) is 265 Å². The van der Waals surface area contributed by atoms with Gasteiger partial charge in [-0.15, -0.1) is 0 Å². The summed E-state index contributed by atoms with van der Waals surface area (Å²) in [7, 11) is 0. The van der Waals surface area contributed by atoms with Crippen LogP contribution in [-0.2, 0) is 0 Å². The first-order chi connectivity index (χ1) is 34.9. The first kappa shape index (κ1) is 41.0. The van der Waals surface area contributed by atoms with Gasteiger partial charge in [0.25, 0.3) is 0 Å². The maximum Gasteiger partial charge on any atom is 0.0541 e. The second kappa shape index (κ2) is 16.1. The van der Waals surface area contributed by atoms with Gasteiger partial charge in [-0.3, -0.25) is 0 Å². The average Bonchev–Trinajstić information content (AvgIpc) is 3.97. The fourth-order valence-electron chi connectivity index (χ4n) is 11.7. The van der Waals surface area contributed by atoms with Crippen LogP contribution in [0.5, 0.6) is 0 Å². The van der Waals surface area contributed by atoms with Gasteiger partial charge in [-0.1, -0.05) is 178 Å². The molecular weight excluding hydrogens is 857 g/mol. The van der Waals surface area contributed by atoms with Gasteiger partial charge >= 0.3 is 0 Å². The molecule has 2 aliphatic rings. The summed E-state index contributed by atoms with van der Waals surface area (Å²) in [6.45, 7) is 4.67. The highest BCUT2D eigenvalue weighted by molar-refractivity contribution is 6.26. The highest BCUT2D eigenvalue weighted by Crippen LogP contribution is 2.43. The van der Waals surface area contributed by atoms with Gasteiger partial charge in [0.05, 0.1) is 11.0 Å². The highest BCUT2D eigenvalue weighted by Gasteiger charge is 2.28. The molecule has 0 unspecified atom stereocenters. The number of anilines is 3. The Morgan fingerprint density at radius 1 is 0.366 bits per heavy atom. The molecule has 1 heterocycles. The van der Waals surface area contributed by atoms with E-state index < -0.39 is 0 Å². The van der Waals surface area contributed by atoms with Crippen LogP contribution in [0, 0.1) is 5.41 Å². The van der Waals surface area contributed by atoms with Gasteiger partial charge in [0, 0.05) is 38.9 Å². The van der Waals surface area contributed by atoms with Crippen molar-refractivity contribution in [3.8, 4) is 39.1 Å². The molecule has 0 saturated carbocycles. The summed E-state index contributed by atoms with van der Waals surface area (Å²) in [4.78, 5) is 2.37. The first-order valence-electron chi connectivity index (χ1n) is 24.7. The monoisotopic (exact) mass is 904 g/mol. The number of nitrogens with zero attached hydrogens (tertiary/aromatic N) is 2. The average molecular weight is 905 g/mol. The van der Waals surface area contributed by atoms with E-state index >= 15 is 0 Å². The van der Waals surface area contributed by atoms with Crippen LogP contribution < -0.4 is 15.3 Å². The molecule has 0 aliphatic heterocycles. The van der Waals surface area contributed by atoms with E-state index in [0.29, 0.717) is 0 Å². The number of rotatable bonds is 7. The van der Waals surface area contributed by atoms with Crippen molar-refractivity contribution in [3.63, 3.8) is 0 Å². The minimum absolute atomic E-state index is 0.0288. The Bertz CT molecular complexity index is 4310. The molecule has 0 bridgehead atoms. The summed E-state index contributed by atoms with van der Waals surface area (Å²) in [5, 5.41) is 12.9. The van der Waals surface area contributed by atoms with Crippen molar-refractivity contribution in [1.82, 2.24) is 4.57 Å². The maximum absolute atomic E-state index is 2.47. The van der Waals surface area contributed by atoms with E-state index in [4.69, 9.17) is 0 Å². The summed E-state index contributed by atoms with van der Waals surface area (Å²) in [5.41, 5.74) is 16.8. The Balaban J connectivity index is 0.851. The largest absolute Gasteiger partial charge is 0.311 e. The Labute approximate surface area is 413 Å². The van der Waals surface area contributed by atoms with Crippen LogP contribution in [0.1, 0.15) is 13.8 Å². The Morgan fingerprint density at radius 3 is 1.48 bits per heavy atom. The second-order valence-corrected chi connectivity index (χ2v) is 19.8. The molecule has 0 amide bonds. The zero-order valence-electron chi connectivity index (χ0n) is 39.6. The van der Waals surface area contributed by atoms with Crippen molar-refractivity contribution >= 4 is 82.8 Å². The molecule has 71 heavy (non-hydrogen) atoms. The molecule has 12 aromatic rings. The van der Waals surface area contributed by atoms with Gasteiger partial charge in [-0.2, -0.15) is 0 Å². The van der Waals surface area contributed by atoms with Gasteiger partial charge in [0.2, 0.25) is 0 Å². The second-order valence-electron chi connectivity index (χ2n) is 19.8. The van der Waals surface area contributed by atoms with Gasteiger partial charge < -0.3 is 9.47 Å². The van der Waals surface area contributed by atoms with E-state index in [-0.39, 0.29) is 5.41 Å². The van der Waals surface area contributed by atoms with Crippen LogP contribution >= 0.6 is 0 Å². The molecule has 2 aliphatic carbocycles. The summed E-state index contributed by atoms with van der Waals surface area (Å²) in [5.74, 6) is 0. The molecular formula is C69H48N2. The zero-order valence-corrected chi connectivity index (χ0v) is 39.6. The Hall–Kier alpha value is -8.98. The fraction of sp³-hybridized carbons (Fsp3) is 0.0435. The highest BCUT2D eigenvalue weighted by atomic mass is 15.1. The van der Waals surface area contributed by atoms with Gasteiger partial charge in [0.15, 0.2) is 0 Å². The van der Waals surface area contributed by atoms with Crippen LogP contribution in [0.15, 0.2) is 254 Å².